The van der Waals surface area contributed by atoms with Crippen molar-refractivity contribution in [2.45, 2.75) is 6.10 Å². The van der Waals surface area contributed by atoms with Crippen LogP contribution in [0.2, 0.25) is 0 Å². The van der Waals surface area contributed by atoms with Gasteiger partial charge in [-0.15, -0.1) is 0 Å². The van der Waals surface area contributed by atoms with Gasteiger partial charge in [-0.3, -0.25) is 0 Å². The zero-order valence-electron chi connectivity index (χ0n) is 12.1. The molecule has 0 bridgehead atoms. The largest absolute Gasteiger partial charge is 0.497 e. The summed E-state index contributed by atoms with van der Waals surface area (Å²) in [4.78, 5) is 0. The number of rotatable bonds is 5. The van der Waals surface area contributed by atoms with E-state index in [1.165, 1.54) is 0 Å². The van der Waals surface area contributed by atoms with Gasteiger partial charge in [0.1, 0.15) is 23.4 Å². The number of benzene rings is 2. The summed E-state index contributed by atoms with van der Waals surface area (Å²) in [5.41, 5.74) is 1.32. The fraction of sp³-hybridized carbons (Fsp3) is 0.250. The average Bonchev–Trinajstić information content (AvgIpc) is 2.53. The lowest BCUT2D eigenvalue weighted by Crippen LogP contribution is -2.05. The Balaban J connectivity index is 2.46. The molecule has 0 aliphatic rings. The van der Waals surface area contributed by atoms with Gasteiger partial charge in [0.05, 0.1) is 21.3 Å². The van der Waals surface area contributed by atoms with E-state index in [1.807, 2.05) is 18.2 Å². The van der Waals surface area contributed by atoms with Crippen molar-refractivity contribution in [2.75, 3.05) is 21.3 Å². The van der Waals surface area contributed by atoms with E-state index >= 15 is 0 Å². The molecule has 1 atom stereocenters. The monoisotopic (exact) mass is 352 g/mol. The standard InChI is InChI=1S/C16H17BrO4/c1-19-11-5-7-13(15(9-11)21-3)16(18)12-6-4-10(17)8-14(12)20-2/h4-9,16,18H,1-3H3. The molecule has 2 aromatic carbocycles. The minimum Gasteiger partial charge on any atom is -0.497 e. The molecular weight excluding hydrogens is 336 g/mol. The molecule has 1 unspecified atom stereocenters. The van der Waals surface area contributed by atoms with Gasteiger partial charge in [0, 0.05) is 21.7 Å². The Hall–Kier alpha value is -1.72. The lowest BCUT2D eigenvalue weighted by molar-refractivity contribution is 0.209. The maximum Gasteiger partial charge on any atom is 0.128 e. The number of aliphatic hydroxyl groups is 1. The molecule has 0 fully saturated rings. The van der Waals surface area contributed by atoms with Crippen molar-refractivity contribution in [3.63, 3.8) is 0 Å². The van der Waals surface area contributed by atoms with E-state index in [9.17, 15) is 5.11 Å². The third kappa shape index (κ3) is 3.31. The van der Waals surface area contributed by atoms with Gasteiger partial charge >= 0.3 is 0 Å². The molecule has 0 aliphatic carbocycles. The van der Waals surface area contributed by atoms with E-state index in [0.29, 0.717) is 28.4 Å². The Morgan fingerprint density at radius 2 is 1.43 bits per heavy atom. The van der Waals surface area contributed by atoms with Crippen molar-refractivity contribution in [3.8, 4) is 17.2 Å². The Morgan fingerprint density at radius 1 is 0.857 bits per heavy atom. The average molecular weight is 353 g/mol. The third-order valence-electron chi connectivity index (χ3n) is 3.23. The molecule has 4 nitrogen and oxygen atoms in total. The van der Waals surface area contributed by atoms with E-state index in [-0.39, 0.29) is 0 Å². The molecule has 2 aromatic rings. The van der Waals surface area contributed by atoms with Crippen LogP contribution in [0.1, 0.15) is 17.2 Å². The molecular formula is C16H17BrO4. The molecule has 0 saturated heterocycles. The van der Waals surface area contributed by atoms with Crippen molar-refractivity contribution in [1.82, 2.24) is 0 Å². The number of hydrogen-bond acceptors (Lipinski definition) is 4. The Labute approximate surface area is 132 Å². The molecule has 5 heteroatoms. The van der Waals surface area contributed by atoms with Crippen molar-refractivity contribution >= 4 is 15.9 Å². The molecule has 0 aromatic heterocycles. The molecule has 0 spiro atoms. The third-order valence-corrected chi connectivity index (χ3v) is 3.72. The maximum atomic E-state index is 10.7. The van der Waals surface area contributed by atoms with Gasteiger partial charge in [-0.2, -0.15) is 0 Å². The number of halogens is 1. The molecule has 2 rings (SSSR count). The molecule has 21 heavy (non-hydrogen) atoms. The zero-order valence-corrected chi connectivity index (χ0v) is 13.7. The second-order valence-electron chi connectivity index (χ2n) is 4.40. The van der Waals surface area contributed by atoms with Crippen LogP contribution in [0.3, 0.4) is 0 Å². The van der Waals surface area contributed by atoms with E-state index in [4.69, 9.17) is 14.2 Å². The molecule has 0 saturated carbocycles. The van der Waals surface area contributed by atoms with E-state index in [1.54, 1.807) is 39.5 Å². The summed E-state index contributed by atoms with van der Waals surface area (Å²) in [7, 11) is 4.72. The minimum absolute atomic E-state index is 0.562. The smallest absolute Gasteiger partial charge is 0.128 e. The van der Waals surface area contributed by atoms with Gasteiger partial charge in [-0.25, -0.2) is 0 Å². The van der Waals surface area contributed by atoms with Crippen molar-refractivity contribution < 1.29 is 19.3 Å². The quantitative estimate of drug-likeness (QED) is 0.893. The lowest BCUT2D eigenvalue weighted by atomic mass is 9.99. The summed E-state index contributed by atoms with van der Waals surface area (Å²) >= 11 is 3.39. The zero-order chi connectivity index (χ0) is 15.4. The van der Waals surface area contributed by atoms with Crippen LogP contribution in [-0.2, 0) is 0 Å². The molecule has 0 amide bonds. The van der Waals surface area contributed by atoms with Gasteiger partial charge in [-0.05, 0) is 24.3 Å². The van der Waals surface area contributed by atoms with Gasteiger partial charge in [0.15, 0.2) is 0 Å². The van der Waals surface area contributed by atoms with Crippen LogP contribution in [0, 0.1) is 0 Å². The first kappa shape index (κ1) is 15.7. The highest BCUT2D eigenvalue weighted by Crippen LogP contribution is 2.37. The van der Waals surface area contributed by atoms with Crippen molar-refractivity contribution in [1.29, 1.82) is 0 Å². The van der Waals surface area contributed by atoms with Crippen LogP contribution in [-0.4, -0.2) is 26.4 Å². The Morgan fingerprint density at radius 3 is 2.00 bits per heavy atom. The molecule has 1 N–H and O–H groups in total. The van der Waals surface area contributed by atoms with E-state index < -0.39 is 6.10 Å². The van der Waals surface area contributed by atoms with E-state index in [2.05, 4.69) is 15.9 Å². The summed E-state index contributed by atoms with van der Waals surface area (Å²) in [6.07, 6.45) is -0.853. The van der Waals surface area contributed by atoms with Crippen LogP contribution in [0.5, 0.6) is 17.2 Å². The summed E-state index contributed by atoms with van der Waals surface area (Å²) in [5.74, 6) is 1.84. The first-order valence-corrected chi connectivity index (χ1v) is 7.13. The lowest BCUT2D eigenvalue weighted by Gasteiger charge is -2.18. The predicted octanol–water partition coefficient (Wildman–Crippen LogP) is 3.56. The van der Waals surface area contributed by atoms with Gasteiger partial charge in [-0.1, -0.05) is 22.0 Å². The van der Waals surface area contributed by atoms with Gasteiger partial charge in [0.2, 0.25) is 0 Å². The topological polar surface area (TPSA) is 47.9 Å². The molecule has 0 heterocycles. The SMILES string of the molecule is COc1ccc(C(O)c2ccc(Br)cc2OC)c(OC)c1. The van der Waals surface area contributed by atoms with E-state index in [0.717, 1.165) is 4.47 Å². The number of ether oxygens (including phenoxy) is 3. The predicted molar refractivity (Wildman–Crippen MR) is 84.3 cm³/mol. The summed E-state index contributed by atoms with van der Waals surface area (Å²) in [6.45, 7) is 0. The van der Waals surface area contributed by atoms with Crippen LogP contribution in [0.4, 0.5) is 0 Å². The summed E-state index contributed by atoms with van der Waals surface area (Å²) in [5, 5.41) is 10.7. The van der Waals surface area contributed by atoms with Crippen LogP contribution < -0.4 is 14.2 Å². The fourth-order valence-corrected chi connectivity index (χ4v) is 2.46. The van der Waals surface area contributed by atoms with Crippen molar-refractivity contribution in [3.05, 3.63) is 52.0 Å². The Kier molecular flexibility index (Phi) is 5.09. The van der Waals surface area contributed by atoms with Crippen LogP contribution >= 0.6 is 15.9 Å². The van der Waals surface area contributed by atoms with Crippen LogP contribution in [0.25, 0.3) is 0 Å². The fourth-order valence-electron chi connectivity index (χ4n) is 2.12. The molecule has 0 radical (unpaired) electrons. The first-order valence-electron chi connectivity index (χ1n) is 6.34. The second kappa shape index (κ2) is 6.83. The maximum absolute atomic E-state index is 10.7. The highest BCUT2D eigenvalue weighted by molar-refractivity contribution is 9.10. The Bertz CT molecular complexity index is 628. The normalized spacial score (nSPS) is 11.9. The number of methoxy groups -OCH3 is 3. The summed E-state index contributed by atoms with van der Waals surface area (Å²) < 4.78 is 16.7. The van der Waals surface area contributed by atoms with Gasteiger partial charge < -0.3 is 19.3 Å². The molecule has 0 aliphatic heterocycles. The first-order chi connectivity index (χ1) is 10.1. The number of aliphatic hydroxyl groups excluding tert-OH is 1. The minimum atomic E-state index is -0.853. The number of hydrogen-bond donors (Lipinski definition) is 1. The highest BCUT2D eigenvalue weighted by Gasteiger charge is 2.20. The second-order valence-corrected chi connectivity index (χ2v) is 5.31. The van der Waals surface area contributed by atoms with Gasteiger partial charge in [0.25, 0.3) is 0 Å². The van der Waals surface area contributed by atoms with Crippen LogP contribution in [0.15, 0.2) is 40.9 Å². The summed E-state index contributed by atoms with van der Waals surface area (Å²) in [6, 6.07) is 10.8. The highest BCUT2D eigenvalue weighted by atomic mass is 79.9. The molecule has 112 valence electrons. The van der Waals surface area contributed by atoms with Crippen molar-refractivity contribution in [2.24, 2.45) is 0 Å².